The van der Waals surface area contributed by atoms with Crippen molar-refractivity contribution in [3.8, 4) is 17.2 Å². The minimum atomic E-state index is -0.795. The van der Waals surface area contributed by atoms with Crippen molar-refractivity contribution < 1.29 is 20.1 Å². The number of aliphatic hydroxyl groups excluding tert-OH is 1. The Hall–Kier alpha value is -4.63. The van der Waals surface area contributed by atoms with Gasteiger partial charge in [-0.05, 0) is 105 Å². The topological polar surface area (TPSA) is 118 Å². The first-order chi connectivity index (χ1) is 23.7. The van der Waals surface area contributed by atoms with Crippen LogP contribution in [0.3, 0.4) is 0 Å². The number of aromatic nitrogens is 1. The van der Waals surface area contributed by atoms with E-state index in [0.717, 1.165) is 61.2 Å². The van der Waals surface area contributed by atoms with E-state index in [1.165, 1.54) is 17.7 Å². The fraction of sp³-hybridized carbons (Fsp3) is 0.341. The highest BCUT2D eigenvalue weighted by Crippen LogP contribution is 2.45. The lowest BCUT2D eigenvalue weighted by Gasteiger charge is -2.44. The first kappa shape index (κ1) is 34.2. The van der Waals surface area contributed by atoms with Gasteiger partial charge in [0.2, 0.25) is 5.56 Å². The van der Waals surface area contributed by atoms with E-state index in [1.807, 2.05) is 24.3 Å². The van der Waals surface area contributed by atoms with E-state index in [9.17, 15) is 20.1 Å². The molecule has 1 aliphatic rings. The van der Waals surface area contributed by atoms with Crippen LogP contribution in [-0.4, -0.2) is 64.0 Å². The largest absolute Gasteiger partial charge is 0.508 e. The SMILES string of the molecule is CC(C)N1CCC(c2ccccc2)(c2cc(CCOc3ccc(CCNCC(O)c4ccc(O)c5[nH]c(=O)ccc45)cc3)ccc2O)CC1. The minimum Gasteiger partial charge on any atom is -0.508 e. The lowest BCUT2D eigenvalue weighted by atomic mass is 9.67. The van der Waals surface area contributed by atoms with Gasteiger partial charge >= 0.3 is 0 Å². The third kappa shape index (κ3) is 7.83. The summed E-state index contributed by atoms with van der Waals surface area (Å²) >= 11 is 0. The van der Waals surface area contributed by atoms with Crippen molar-refractivity contribution in [3.05, 3.63) is 135 Å². The second-order valence-corrected chi connectivity index (χ2v) is 13.4. The number of fused-ring (bicyclic) bond motifs is 1. The average Bonchev–Trinajstić information content (AvgIpc) is 3.12. The van der Waals surface area contributed by atoms with Crippen LogP contribution in [0.5, 0.6) is 17.2 Å². The molecule has 6 rings (SSSR count). The van der Waals surface area contributed by atoms with Crippen molar-refractivity contribution >= 4 is 10.9 Å². The van der Waals surface area contributed by atoms with Gasteiger partial charge in [0.1, 0.15) is 17.2 Å². The third-order valence-corrected chi connectivity index (χ3v) is 10.1. The van der Waals surface area contributed by atoms with Crippen LogP contribution >= 0.6 is 0 Å². The zero-order valence-corrected chi connectivity index (χ0v) is 28.4. The van der Waals surface area contributed by atoms with Gasteiger partial charge in [0.15, 0.2) is 0 Å². The highest BCUT2D eigenvalue weighted by Gasteiger charge is 2.40. The Balaban J connectivity index is 1.01. The number of nitrogens with zero attached hydrogens (tertiary/aromatic N) is 1. The molecule has 4 aromatic carbocycles. The Morgan fingerprint density at radius 3 is 2.31 bits per heavy atom. The van der Waals surface area contributed by atoms with Gasteiger partial charge in [0, 0.05) is 41.4 Å². The molecule has 256 valence electrons. The van der Waals surface area contributed by atoms with Crippen LogP contribution in [0.4, 0.5) is 0 Å². The number of phenols is 2. The second kappa shape index (κ2) is 15.3. The number of likely N-dealkylation sites (tertiary alicyclic amines) is 1. The Bertz CT molecular complexity index is 1900. The van der Waals surface area contributed by atoms with Gasteiger partial charge in [0.25, 0.3) is 0 Å². The van der Waals surface area contributed by atoms with Gasteiger partial charge in [-0.1, -0.05) is 60.7 Å². The quantitative estimate of drug-likeness (QED) is 0.0952. The molecule has 1 aliphatic heterocycles. The summed E-state index contributed by atoms with van der Waals surface area (Å²) in [4.78, 5) is 16.8. The molecule has 5 aromatic rings. The fourth-order valence-electron chi connectivity index (χ4n) is 7.18. The molecule has 1 unspecified atom stereocenters. The molecule has 1 saturated heterocycles. The highest BCUT2D eigenvalue weighted by atomic mass is 16.5. The lowest BCUT2D eigenvalue weighted by Crippen LogP contribution is -2.45. The molecule has 0 radical (unpaired) electrons. The Morgan fingerprint density at radius 1 is 0.857 bits per heavy atom. The van der Waals surface area contributed by atoms with Crippen LogP contribution in [0.1, 0.15) is 60.6 Å². The summed E-state index contributed by atoms with van der Waals surface area (Å²) in [5.74, 6) is 1.14. The van der Waals surface area contributed by atoms with Crippen LogP contribution in [0, 0.1) is 0 Å². The number of piperidine rings is 1. The number of phenolic OH excluding ortho intramolecular Hbond substituents is 2. The van der Waals surface area contributed by atoms with Crippen LogP contribution in [0.15, 0.2) is 102 Å². The van der Waals surface area contributed by atoms with E-state index in [1.54, 1.807) is 12.1 Å². The molecule has 8 nitrogen and oxygen atoms in total. The molecule has 2 heterocycles. The molecule has 5 N–H and O–H groups in total. The summed E-state index contributed by atoms with van der Waals surface area (Å²) < 4.78 is 6.13. The lowest BCUT2D eigenvalue weighted by molar-refractivity contribution is 0.144. The number of rotatable bonds is 13. The first-order valence-corrected chi connectivity index (χ1v) is 17.3. The molecule has 0 spiro atoms. The van der Waals surface area contributed by atoms with Gasteiger partial charge in [0.05, 0.1) is 18.2 Å². The van der Waals surface area contributed by atoms with Gasteiger partial charge < -0.3 is 35.3 Å². The summed E-state index contributed by atoms with van der Waals surface area (Å²) in [7, 11) is 0. The molecule has 1 aromatic heterocycles. The average molecular weight is 662 g/mol. The Labute approximate surface area is 288 Å². The minimum absolute atomic E-state index is 0.0246. The number of benzene rings is 4. The monoisotopic (exact) mass is 661 g/mol. The van der Waals surface area contributed by atoms with Crippen LogP contribution in [0.2, 0.25) is 0 Å². The Morgan fingerprint density at radius 2 is 1.57 bits per heavy atom. The molecule has 1 atom stereocenters. The van der Waals surface area contributed by atoms with Gasteiger partial charge in [-0.3, -0.25) is 4.79 Å². The number of hydrogen-bond acceptors (Lipinski definition) is 7. The standard InChI is InChI=1S/C41H47N3O5/c1-28(2)44-23-20-41(21-24-44,31-6-4-3-5-7-31)35-26-30(10-15-36(35)45)19-25-49-32-11-8-29(9-12-32)18-22-42-27-38(47)33-13-16-37(46)40-34(33)14-17-39(48)43-40/h3-17,26,28,38,42,45-47H,18-25,27H2,1-2H3,(H,43,48). The maximum atomic E-state index is 11.7. The van der Waals surface area contributed by atoms with Crippen LogP contribution < -0.4 is 15.6 Å². The van der Waals surface area contributed by atoms with Crippen LogP contribution in [-0.2, 0) is 18.3 Å². The summed E-state index contributed by atoms with van der Waals surface area (Å²) in [5, 5.41) is 36.0. The molecular formula is C41H47N3O5. The molecule has 0 aliphatic carbocycles. The van der Waals surface area contributed by atoms with E-state index >= 15 is 0 Å². The Kier molecular flexibility index (Phi) is 10.7. The number of H-pyrrole nitrogens is 1. The van der Waals surface area contributed by atoms with Crippen molar-refractivity contribution in [2.45, 2.75) is 57.1 Å². The number of nitrogens with one attached hydrogen (secondary N) is 2. The van der Waals surface area contributed by atoms with Gasteiger partial charge in [-0.15, -0.1) is 0 Å². The number of aromatic hydroxyl groups is 2. The van der Waals surface area contributed by atoms with E-state index in [0.29, 0.717) is 48.0 Å². The normalized spacial score (nSPS) is 15.4. The fourth-order valence-corrected chi connectivity index (χ4v) is 7.18. The van der Waals surface area contributed by atoms with Crippen molar-refractivity contribution in [3.63, 3.8) is 0 Å². The molecule has 1 fully saturated rings. The summed E-state index contributed by atoms with van der Waals surface area (Å²) in [5.41, 5.74) is 5.01. The van der Waals surface area contributed by atoms with E-state index in [-0.39, 0.29) is 16.7 Å². The zero-order chi connectivity index (χ0) is 34.4. The van der Waals surface area contributed by atoms with Crippen molar-refractivity contribution in [2.75, 3.05) is 32.8 Å². The number of aliphatic hydroxyl groups is 1. The predicted molar refractivity (Wildman–Crippen MR) is 195 cm³/mol. The number of aromatic amines is 1. The number of ether oxygens (including phenoxy) is 1. The molecule has 0 saturated carbocycles. The third-order valence-electron chi connectivity index (χ3n) is 10.1. The molecule has 0 bridgehead atoms. The summed E-state index contributed by atoms with van der Waals surface area (Å²) in [6.07, 6.45) is 2.64. The smallest absolute Gasteiger partial charge is 0.248 e. The maximum absolute atomic E-state index is 11.7. The summed E-state index contributed by atoms with van der Waals surface area (Å²) in [6.45, 7) is 8.03. The molecular weight excluding hydrogens is 614 g/mol. The molecule has 8 heteroatoms. The second-order valence-electron chi connectivity index (χ2n) is 13.4. The van der Waals surface area contributed by atoms with Crippen LogP contribution in [0.25, 0.3) is 10.9 Å². The molecule has 49 heavy (non-hydrogen) atoms. The summed E-state index contributed by atoms with van der Waals surface area (Å²) in [6, 6.07) is 31.5. The highest BCUT2D eigenvalue weighted by molar-refractivity contribution is 5.87. The number of hydrogen-bond donors (Lipinski definition) is 5. The molecule has 0 amide bonds. The van der Waals surface area contributed by atoms with Gasteiger partial charge in [-0.25, -0.2) is 0 Å². The number of pyridine rings is 1. The first-order valence-electron chi connectivity index (χ1n) is 17.3. The van der Waals surface area contributed by atoms with E-state index < -0.39 is 6.10 Å². The van der Waals surface area contributed by atoms with Gasteiger partial charge in [-0.2, -0.15) is 0 Å². The maximum Gasteiger partial charge on any atom is 0.248 e. The predicted octanol–water partition coefficient (Wildman–Crippen LogP) is 6.22. The van der Waals surface area contributed by atoms with E-state index in [2.05, 4.69) is 77.6 Å². The van der Waals surface area contributed by atoms with E-state index in [4.69, 9.17) is 4.74 Å². The van der Waals surface area contributed by atoms with Crippen molar-refractivity contribution in [1.29, 1.82) is 0 Å². The zero-order valence-electron chi connectivity index (χ0n) is 28.4. The van der Waals surface area contributed by atoms with Crippen molar-refractivity contribution in [1.82, 2.24) is 15.2 Å². The van der Waals surface area contributed by atoms with Crippen molar-refractivity contribution in [2.24, 2.45) is 0 Å².